The molecule has 2 atom stereocenters. The number of hydrogen-bond donors (Lipinski definition) is 6. The van der Waals surface area contributed by atoms with Crippen molar-refractivity contribution in [1.29, 1.82) is 0 Å². The minimum absolute atomic E-state index is 0.0112. The van der Waals surface area contributed by atoms with Crippen molar-refractivity contribution in [2.45, 2.75) is 95.9 Å². The lowest BCUT2D eigenvalue weighted by Crippen LogP contribution is -2.41. The SMILES string of the molecule is CNC(=O)COCCOCCCC(=O)[C@H](CCC(=O)O)NC(=O)CC[C@H](CC(=O)C1CCC(CNC(=O)CCCC(=O)O)CC1)C(=O)O. The zero-order valence-electron chi connectivity index (χ0n) is 27.7. The molecule has 1 saturated carbocycles. The number of carbonyl (C=O) groups excluding carboxylic acids is 5. The highest BCUT2D eigenvalue weighted by Gasteiger charge is 2.31. The number of carbonyl (C=O) groups is 8. The molecule has 0 aromatic carbocycles. The summed E-state index contributed by atoms with van der Waals surface area (Å²) < 4.78 is 10.5. The van der Waals surface area contributed by atoms with Gasteiger partial charge < -0.3 is 40.7 Å². The minimum Gasteiger partial charge on any atom is -0.481 e. The Morgan fingerprint density at radius 3 is 2.00 bits per heavy atom. The van der Waals surface area contributed by atoms with E-state index >= 15 is 0 Å². The highest BCUT2D eigenvalue weighted by atomic mass is 16.5. The molecule has 0 unspecified atom stereocenters. The van der Waals surface area contributed by atoms with E-state index < -0.39 is 35.8 Å². The van der Waals surface area contributed by atoms with Crippen molar-refractivity contribution < 1.29 is 63.1 Å². The van der Waals surface area contributed by atoms with Gasteiger partial charge in [0.2, 0.25) is 17.7 Å². The molecule has 48 heavy (non-hydrogen) atoms. The first-order valence-corrected chi connectivity index (χ1v) is 16.5. The van der Waals surface area contributed by atoms with Crippen LogP contribution in [-0.2, 0) is 47.8 Å². The second kappa shape index (κ2) is 24.3. The number of nitrogens with one attached hydrogen (secondary N) is 3. The van der Waals surface area contributed by atoms with E-state index in [0.717, 1.165) is 0 Å². The summed E-state index contributed by atoms with van der Waals surface area (Å²) >= 11 is 0. The molecule has 0 bridgehead atoms. The van der Waals surface area contributed by atoms with Crippen LogP contribution in [0.4, 0.5) is 0 Å². The van der Waals surface area contributed by atoms with Gasteiger partial charge in [0.25, 0.3) is 0 Å². The van der Waals surface area contributed by atoms with Crippen molar-refractivity contribution in [2.75, 3.05) is 40.0 Å². The van der Waals surface area contributed by atoms with Gasteiger partial charge in [0.05, 0.1) is 25.2 Å². The number of rotatable bonds is 27. The van der Waals surface area contributed by atoms with E-state index in [2.05, 4.69) is 16.0 Å². The summed E-state index contributed by atoms with van der Waals surface area (Å²) in [5, 5.41) is 35.2. The number of ketones is 2. The largest absolute Gasteiger partial charge is 0.481 e. The van der Waals surface area contributed by atoms with Gasteiger partial charge in [-0.2, -0.15) is 0 Å². The molecular weight excluding hydrogens is 634 g/mol. The number of carboxylic acid groups (broad SMARTS) is 3. The van der Waals surface area contributed by atoms with Crippen LogP contribution in [0.1, 0.15) is 89.9 Å². The van der Waals surface area contributed by atoms with E-state index in [4.69, 9.17) is 19.7 Å². The Kier molecular flexibility index (Phi) is 21.3. The van der Waals surface area contributed by atoms with Crippen molar-refractivity contribution in [2.24, 2.45) is 17.8 Å². The molecule has 1 fully saturated rings. The van der Waals surface area contributed by atoms with E-state index in [1.54, 1.807) is 0 Å². The number of likely N-dealkylation sites (N-methyl/N-ethyl adjacent to an activating group) is 1. The second-order valence-corrected chi connectivity index (χ2v) is 12.0. The zero-order valence-corrected chi connectivity index (χ0v) is 27.7. The maximum atomic E-state index is 12.9. The van der Waals surface area contributed by atoms with Gasteiger partial charge in [-0.3, -0.25) is 38.4 Å². The quantitative estimate of drug-likeness (QED) is 0.0663. The van der Waals surface area contributed by atoms with Crippen LogP contribution in [-0.4, -0.2) is 109 Å². The van der Waals surface area contributed by atoms with Crippen LogP contribution in [0.25, 0.3) is 0 Å². The Morgan fingerprint density at radius 2 is 1.38 bits per heavy atom. The molecule has 0 spiro atoms. The van der Waals surface area contributed by atoms with E-state index in [9.17, 15) is 43.5 Å². The van der Waals surface area contributed by atoms with Gasteiger partial charge in [0.15, 0.2) is 5.78 Å². The average Bonchev–Trinajstić information content (AvgIpc) is 3.04. The normalized spacial score (nSPS) is 17.0. The minimum atomic E-state index is -1.21. The molecule has 0 aromatic heterocycles. The monoisotopic (exact) mass is 685 g/mol. The van der Waals surface area contributed by atoms with E-state index in [1.807, 2.05) is 0 Å². The molecule has 6 N–H and O–H groups in total. The van der Waals surface area contributed by atoms with Crippen LogP contribution in [0.15, 0.2) is 0 Å². The van der Waals surface area contributed by atoms with Gasteiger partial charge in [-0.15, -0.1) is 0 Å². The van der Waals surface area contributed by atoms with E-state index in [1.165, 1.54) is 7.05 Å². The summed E-state index contributed by atoms with van der Waals surface area (Å²) in [6.45, 7) is 0.928. The van der Waals surface area contributed by atoms with Gasteiger partial charge in [-0.05, 0) is 57.3 Å². The first-order chi connectivity index (χ1) is 22.8. The Hall–Kier alpha value is -3.92. The zero-order chi connectivity index (χ0) is 35.9. The number of ether oxygens (including phenoxy) is 2. The van der Waals surface area contributed by atoms with E-state index in [0.29, 0.717) is 38.6 Å². The van der Waals surface area contributed by atoms with Crippen LogP contribution >= 0.6 is 0 Å². The Labute approximate surface area is 280 Å². The smallest absolute Gasteiger partial charge is 0.306 e. The summed E-state index contributed by atoms with van der Waals surface area (Å²) in [5.74, 6) is -6.26. The summed E-state index contributed by atoms with van der Waals surface area (Å²) in [6.07, 6.45) is 1.96. The molecule has 1 rings (SSSR count). The second-order valence-electron chi connectivity index (χ2n) is 12.0. The van der Waals surface area contributed by atoms with Crippen LogP contribution in [0, 0.1) is 17.8 Å². The first-order valence-electron chi connectivity index (χ1n) is 16.5. The first kappa shape index (κ1) is 42.1. The summed E-state index contributed by atoms with van der Waals surface area (Å²) in [4.78, 5) is 95.0. The predicted octanol–water partition coefficient (Wildman–Crippen LogP) is 1.08. The summed E-state index contributed by atoms with van der Waals surface area (Å²) in [7, 11) is 1.49. The predicted molar refractivity (Wildman–Crippen MR) is 169 cm³/mol. The van der Waals surface area contributed by atoms with Gasteiger partial charge in [0, 0.05) is 64.6 Å². The Balaban J connectivity index is 2.47. The maximum absolute atomic E-state index is 12.9. The Morgan fingerprint density at radius 1 is 0.708 bits per heavy atom. The lowest BCUT2D eigenvalue weighted by atomic mass is 9.78. The lowest BCUT2D eigenvalue weighted by Gasteiger charge is -2.28. The molecule has 0 heterocycles. The average molecular weight is 686 g/mol. The molecule has 16 nitrogen and oxygen atoms in total. The number of hydrogen-bond acceptors (Lipinski definition) is 10. The number of Topliss-reactive ketones (excluding diaryl/α,β-unsaturated/α-hetero) is 2. The number of carboxylic acids is 3. The summed E-state index contributed by atoms with van der Waals surface area (Å²) in [5.41, 5.74) is 0. The van der Waals surface area contributed by atoms with Crippen molar-refractivity contribution in [3.8, 4) is 0 Å². The van der Waals surface area contributed by atoms with Gasteiger partial charge in [-0.25, -0.2) is 0 Å². The molecule has 0 radical (unpaired) electrons. The molecule has 0 aromatic rings. The molecule has 0 aliphatic heterocycles. The Bertz CT molecular complexity index is 1090. The highest BCUT2D eigenvalue weighted by Crippen LogP contribution is 2.31. The molecule has 3 amide bonds. The van der Waals surface area contributed by atoms with Gasteiger partial charge in [0.1, 0.15) is 12.4 Å². The van der Waals surface area contributed by atoms with Crippen LogP contribution in [0.2, 0.25) is 0 Å². The lowest BCUT2D eigenvalue weighted by molar-refractivity contribution is -0.145. The fourth-order valence-electron chi connectivity index (χ4n) is 5.29. The fraction of sp³-hybridized carbons (Fsp3) is 0.750. The van der Waals surface area contributed by atoms with Gasteiger partial charge >= 0.3 is 17.9 Å². The van der Waals surface area contributed by atoms with Crippen molar-refractivity contribution in [3.63, 3.8) is 0 Å². The van der Waals surface area contributed by atoms with Gasteiger partial charge in [-0.1, -0.05) is 0 Å². The summed E-state index contributed by atoms with van der Waals surface area (Å²) in [6, 6.07) is -1.07. The third-order valence-corrected chi connectivity index (χ3v) is 8.17. The third-order valence-electron chi connectivity index (χ3n) is 8.17. The highest BCUT2D eigenvalue weighted by molar-refractivity contribution is 5.90. The fourth-order valence-corrected chi connectivity index (χ4v) is 5.29. The molecule has 0 saturated heterocycles. The topological polar surface area (TPSA) is 252 Å². The van der Waals surface area contributed by atoms with Crippen molar-refractivity contribution in [1.82, 2.24) is 16.0 Å². The van der Waals surface area contributed by atoms with Crippen molar-refractivity contribution >= 4 is 47.2 Å². The molecular formula is C32H51N3O13. The maximum Gasteiger partial charge on any atom is 0.306 e. The van der Waals surface area contributed by atoms with Crippen LogP contribution in [0.5, 0.6) is 0 Å². The number of amides is 3. The van der Waals surface area contributed by atoms with Crippen molar-refractivity contribution in [3.05, 3.63) is 0 Å². The number of aliphatic carboxylic acids is 3. The molecule has 272 valence electrons. The van der Waals surface area contributed by atoms with Crippen LogP contribution < -0.4 is 16.0 Å². The van der Waals surface area contributed by atoms with E-state index in [-0.39, 0.29) is 119 Å². The van der Waals surface area contributed by atoms with Crippen LogP contribution in [0.3, 0.4) is 0 Å². The standard InChI is InChI=1S/C32H51N3O13/c1-33-29(40)20-48-17-16-47-15-3-4-25(36)24(12-14-31(43)44)35-28(39)13-11-23(32(45)46)18-26(37)22-9-7-21(8-10-22)19-34-27(38)5-2-6-30(41)42/h21-24H,2-20H2,1H3,(H,33,40)(H,34,38)(H,35,39)(H,41,42)(H,43,44)(H,45,46)/t21?,22?,23-,24+/m1/s1. The third kappa shape index (κ3) is 19.7. The molecule has 16 heteroatoms. The molecule has 1 aliphatic rings. The molecule has 1 aliphatic carbocycles.